The first kappa shape index (κ1) is 11.9. The first-order valence-corrected chi connectivity index (χ1v) is 5.27. The van der Waals surface area contributed by atoms with Crippen LogP contribution in [0.4, 0.5) is 10.6 Å². The zero-order valence-electron chi connectivity index (χ0n) is 7.83. The van der Waals surface area contributed by atoms with Gasteiger partial charge in [-0.2, -0.15) is 5.10 Å². The van der Waals surface area contributed by atoms with Crippen molar-refractivity contribution in [3.05, 3.63) is 10.7 Å². The number of aromatic nitrogens is 2. The summed E-state index contributed by atoms with van der Waals surface area (Å²) in [6, 6.07) is 1.68. The van der Waals surface area contributed by atoms with Crippen LogP contribution in [0.1, 0.15) is 6.92 Å². The van der Waals surface area contributed by atoms with Gasteiger partial charge in [-0.05, 0) is 35.1 Å². The van der Waals surface area contributed by atoms with Crippen molar-refractivity contribution in [2.24, 2.45) is 0 Å². The van der Waals surface area contributed by atoms with E-state index in [1.165, 1.54) is 0 Å². The molecule has 0 atom stereocenters. The van der Waals surface area contributed by atoms with Crippen molar-refractivity contribution in [1.82, 2.24) is 15.5 Å². The Morgan fingerprint density at radius 3 is 3.07 bits per heavy atom. The van der Waals surface area contributed by atoms with Crippen LogP contribution in [0.15, 0.2) is 10.7 Å². The molecule has 0 unspecified atom stereocenters. The van der Waals surface area contributed by atoms with Gasteiger partial charge in [-0.3, -0.25) is 10.4 Å². The Labute approximate surface area is 99.9 Å². The van der Waals surface area contributed by atoms with E-state index in [9.17, 15) is 4.79 Å². The van der Waals surface area contributed by atoms with Gasteiger partial charge in [-0.15, -0.1) is 0 Å². The Kier molecular flexibility index (Phi) is 4.50. The summed E-state index contributed by atoms with van der Waals surface area (Å²) in [6.45, 7) is 2.00. The lowest BCUT2D eigenvalue weighted by Gasteiger charge is -2.06. The number of carbonyl (C=O) groups is 1. The van der Waals surface area contributed by atoms with Gasteiger partial charge >= 0.3 is 6.09 Å². The molecule has 0 aliphatic carbocycles. The van der Waals surface area contributed by atoms with E-state index in [2.05, 4.69) is 41.5 Å². The molecule has 0 saturated heterocycles. The average Bonchev–Trinajstić information content (AvgIpc) is 2.51. The quantitative estimate of drug-likeness (QED) is 0.722. The molecule has 1 aromatic rings. The number of nitrogens with one attached hydrogen (secondary N) is 3. The summed E-state index contributed by atoms with van der Waals surface area (Å²) in [5.41, 5.74) is 0. The standard InChI is InChI=1S/C7H9BrN4O2S/c1-2-14-7(13)10-6(15)9-5-3-4(8)11-12-5/h3H,2H2,1H3,(H3,9,10,11,12,13,15). The first-order chi connectivity index (χ1) is 7.11. The summed E-state index contributed by atoms with van der Waals surface area (Å²) >= 11 is 8.03. The van der Waals surface area contributed by atoms with Gasteiger partial charge in [-0.1, -0.05) is 0 Å². The van der Waals surface area contributed by atoms with E-state index in [1.807, 2.05) is 0 Å². The molecule has 0 aliphatic rings. The van der Waals surface area contributed by atoms with E-state index in [-0.39, 0.29) is 5.11 Å². The molecule has 1 heterocycles. The van der Waals surface area contributed by atoms with Gasteiger partial charge in [0, 0.05) is 6.07 Å². The molecule has 1 rings (SSSR count). The van der Waals surface area contributed by atoms with Crippen molar-refractivity contribution in [3.8, 4) is 0 Å². The molecule has 0 spiro atoms. The largest absolute Gasteiger partial charge is 0.450 e. The number of rotatable bonds is 2. The third-order valence-corrected chi connectivity index (χ3v) is 1.89. The average molecular weight is 293 g/mol. The fraction of sp³-hybridized carbons (Fsp3) is 0.286. The monoisotopic (exact) mass is 292 g/mol. The predicted molar refractivity (Wildman–Crippen MR) is 62.7 cm³/mol. The van der Waals surface area contributed by atoms with Crippen LogP contribution in [0.3, 0.4) is 0 Å². The first-order valence-electron chi connectivity index (χ1n) is 4.07. The smallest absolute Gasteiger partial charge is 0.413 e. The molecule has 0 bridgehead atoms. The van der Waals surface area contributed by atoms with Gasteiger partial charge in [0.15, 0.2) is 10.9 Å². The predicted octanol–water partition coefficient (Wildman–Crippen LogP) is 1.62. The number of ether oxygens (including phenoxy) is 1. The second-order valence-corrected chi connectivity index (χ2v) is 3.66. The minimum atomic E-state index is -0.593. The normalized spacial score (nSPS) is 9.47. The van der Waals surface area contributed by atoms with Gasteiger partial charge in [0.2, 0.25) is 0 Å². The molecular weight excluding hydrogens is 284 g/mol. The fourth-order valence-electron chi connectivity index (χ4n) is 0.770. The molecule has 1 aromatic heterocycles. The number of thiocarbonyl (C=S) groups is 1. The van der Waals surface area contributed by atoms with Crippen molar-refractivity contribution in [1.29, 1.82) is 0 Å². The van der Waals surface area contributed by atoms with Crippen LogP contribution in [-0.4, -0.2) is 28.0 Å². The number of hydrogen-bond acceptors (Lipinski definition) is 4. The summed E-state index contributed by atoms with van der Waals surface area (Å²) in [5, 5.41) is 11.7. The van der Waals surface area contributed by atoms with Crippen molar-refractivity contribution < 1.29 is 9.53 Å². The lowest BCUT2D eigenvalue weighted by Crippen LogP contribution is -2.34. The molecule has 3 N–H and O–H groups in total. The number of alkyl carbamates (subject to hydrolysis) is 1. The number of H-pyrrole nitrogens is 1. The summed E-state index contributed by atoms with van der Waals surface area (Å²) in [4.78, 5) is 11.0. The van der Waals surface area contributed by atoms with E-state index in [1.54, 1.807) is 13.0 Å². The Balaban J connectivity index is 2.39. The lowest BCUT2D eigenvalue weighted by atomic mass is 10.6. The summed E-state index contributed by atoms with van der Waals surface area (Å²) in [6.07, 6.45) is -0.593. The van der Waals surface area contributed by atoms with E-state index >= 15 is 0 Å². The van der Waals surface area contributed by atoms with Crippen molar-refractivity contribution in [2.45, 2.75) is 6.92 Å². The zero-order valence-corrected chi connectivity index (χ0v) is 10.2. The van der Waals surface area contributed by atoms with Crippen molar-refractivity contribution >= 4 is 45.2 Å². The molecule has 8 heteroatoms. The Bertz CT molecular complexity index is 368. The zero-order chi connectivity index (χ0) is 11.3. The van der Waals surface area contributed by atoms with Crippen LogP contribution in [0.5, 0.6) is 0 Å². The molecule has 0 fully saturated rings. The summed E-state index contributed by atoms with van der Waals surface area (Å²) in [5.74, 6) is 0.503. The van der Waals surface area contributed by atoms with Crippen molar-refractivity contribution in [2.75, 3.05) is 11.9 Å². The molecule has 0 aromatic carbocycles. The maximum absolute atomic E-state index is 11.0. The van der Waals surface area contributed by atoms with Crippen LogP contribution in [0.25, 0.3) is 0 Å². The van der Waals surface area contributed by atoms with Crippen LogP contribution in [0, 0.1) is 0 Å². The third kappa shape index (κ3) is 4.26. The molecule has 82 valence electrons. The highest BCUT2D eigenvalue weighted by Crippen LogP contribution is 2.10. The van der Waals surface area contributed by atoms with E-state index < -0.39 is 6.09 Å². The van der Waals surface area contributed by atoms with Crippen LogP contribution >= 0.6 is 28.1 Å². The molecule has 0 saturated carbocycles. The fourth-order valence-corrected chi connectivity index (χ4v) is 1.26. The highest BCUT2D eigenvalue weighted by Gasteiger charge is 2.05. The number of anilines is 1. The maximum Gasteiger partial charge on any atom is 0.413 e. The highest BCUT2D eigenvalue weighted by molar-refractivity contribution is 9.10. The second-order valence-electron chi connectivity index (χ2n) is 2.40. The van der Waals surface area contributed by atoms with Gasteiger partial charge < -0.3 is 10.1 Å². The third-order valence-electron chi connectivity index (χ3n) is 1.28. The van der Waals surface area contributed by atoms with Crippen LogP contribution in [-0.2, 0) is 4.74 Å². The number of carbonyl (C=O) groups excluding carboxylic acids is 1. The number of aromatic amines is 1. The van der Waals surface area contributed by atoms with Crippen LogP contribution in [0.2, 0.25) is 0 Å². The molecule has 0 aliphatic heterocycles. The van der Waals surface area contributed by atoms with E-state index in [0.29, 0.717) is 17.0 Å². The molecular formula is C7H9BrN4O2S. The summed E-state index contributed by atoms with van der Waals surface area (Å²) < 4.78 is 5.35. The molecule has 15 heavy (non-hydrogen) atoms. The second kappa shape index (κ2) is 5.66. The minimum Gasteiger partial charge on any atom is -0.450 e. The van der Waals surface area contributed by atoms with Crippen molar-refractivity contribution in [3.63, 3.8) is 0 Å². The Morgan fingerprint density at radius 2 is 2.53 bits per heavy atom. The maximum atomic E-state index is 11.0. The van der Waals surface area contributed by atoms with Gasteiger partial charge in [-0.25, -0.2) is 4.79 Å². The Morgan fingerprint density at radius 1 is 1.80 bits per heavy atom. The van der Waals surface area contributed by atoms with Crippen LogP contribution < -0.4 is 10.6 Å². The van der Waals surface area contributed by atoms with Gasteiger partial charge in [0.25, 0.3) is 0 Å². The lowest BCUT2D eigenvalue weighted by molar-refractivity contribution is 0.158. The number of nitrogens with zero attached hydrogens (tertiary/aromatic N) is 1. The molecule has 0 radical (unpaired) electrons. The van der Waals surface area contributed by atoms with E-state index in [4.69, 9.17) is 12.2 Å². The van der Waals surface area contributed by atoms with E-state index in [0.717, 1.165) is 0 Å². The molecule has 1 amide bonds. The van der Waals surface area contributed by atoms with Gasteiger partial charge in [0.05, 0.1) is 6.61 Å². The number of halogens is 1. The summed E-state index contributed by atoms with van der Waals surface area (Å²) in [7, 11) is 0. The Hall–Kier alpha value is -1.15. The SMILES string of the molecule is CCOC(=O)NC(=S)Nc1cc(Br)[nH]n1. The number of hydrogen-bond donors (Lipinski definition) is 3. The minimum absolute atomic E-state index is 0.132. The highest BCUT2D eigenvalue weighted by atomic mass is 79.9. The van der Waals surface area contributed by atoms with Gasteiger partial charge in [0.1, 0.15) is 4.60 Å². The number of amides is 1. The topological polar surface area (TPSA) is 79.0 Å². The molecule has 6 nitrogen and oxygen atoms in total.